The highest BCUT2D eigenvalue weighted by molar-refractivity contribution is 7.10. The summed E-state index contributed by atoms with van der Waals surface area (Å²) in [6.07, 6.45) is 0. The summed E-state index contributed by atoms with van der Waals surface area (Å²) >= 11 is 1.87. The first-order valence-corrected chi connectivity index (χ1v) is 4.86. The van der Waals surface area contributed by atoms with E-state index in [4.69, 9.17) is 0 Å². The molecule has 11 heavy (non-hydrogen) atoms. The van der Waals surface area contributed by atoms with Gasteiger partial charge >= 0.3 is 0 Å². The van der Waals surface area contributed by atoms with Crippen molar-refractivity contribution >= 4 is 11.3 Å². The number of nitrogens with one attached hydrogen (secondary N) is 1. The second-order valence-electron chi connectivity index (χ2n) is 3.67. The third-order valence-electron chi connectivity index (χ3n) is 2.52. The van der Waals surface area contributed by atoms with Gasteiger partial charge in [0.15, 0.2) is 0 Å². The fraction of sp³-hybridized carbons (Fsp3) is 0.556. The smallest absolute Gasteiger partial charge is 0.0235 e. The molecule has 60 valence electrons. The number of hydrogen-bond acceptors (Lipinski definition) is 2. The molecule has 0 bridgehead atoms. The van der Waals surface area contributed by atoms with Gasteiger partial charge in [0.2, 0.25) is 0 Å². The van der Waals surface area contributed by atoms with Crippen LogP contribution in [0.25, 0.3) is 0 Å². The molecular formula is C9H13NS. The molecule has 0 spiro atoms. The second-order valence-corrected chi connectivity index (χ2v) is 4.65. The van der Waals surface area contributed by atoms with Gasteiger partial charge in [0.05, 0.1) is 0 Å². The molecule has 1 nitrogen and oxygen atoms in total. The first-order chi connectivity index (χ1) is 5.20. The van der Waals surface area contributed by atoms with E-state index in [0.717, 1.165) is 12.5 Å². The van der Waals surface area contributed by atoms with E-state index in [1.807, 2.05) is 11.3 Å². The lowest BCUT2D eigenvalue weighted by molar-refractivity contribution is 0.211. The highest BCUT2D eigenvalue weighted by Crippen LogP contribution is 2.36. The molecular weight excluding hydrogens is 154 g/mol. The van der Waals surface area contributed by atoms with E-state index in [0.29, 0.717) is 5.54 Å². The Labute approximate surface area is 71.4 Å². The summed E-state index contributed by atoms with van der Waals surface area (Å²) in [6.45, 7) is 5.68. The second kappa shape index (κ2) is 2.32. The Morgan fingerprint density at radius 2 is 2.45 bits per heavy atom. The van der Waals surface area contributed by atoms with E-state index in [1.165, 1.54) is 4.88 Å². The normalized spacial score (nSPS) is 28.0. The minimum Gasteiger partial charge on any atom is -0.310 e. The van der Waals surface area contributed by atoms with Crippen molar-refractivity contribution in [2.24, 2.45) is 0 Å². The number of rotatable bonds is 1. The van der Waals surface area contributed by atoms with Crippen LogP contribution in [0.1, 0.15) is 24.6 Å². The van der Waals surface area contributed by atoms with Gasteiger partial charge in [-0.1, -0.05) is 6.07 Å². The van der Waals surface area contributed by atoms with Crippen LogP contribution in [0.2, 0.25) is 0 Å². The van der Waals surface area contributed by atoms with Gasteiger partial charge in [0.25, 0.3) is 0 Å². The molecule has 1 aliphatic rings. The van der Waals surface area contributed by atoms with Gasteiger partial charge in [-0.05, 0) is 25.3 Å². The molecule has 0 radical (unpaired) electrons. The lowest BCUT2D eigenvalue weighted by Crippen LogP contribution is -2.59. The molecule has 2 rings (SSSR count). The molecule has 1 fully saturated rings. The average molecular weight is 167 g/mol. The highest BCUT2D eigenvalue weighted by Gasteiger charge is 2.39. The highest BCUT2D eigenvalue weighted by atomic mass is 32.1. The van der Waals surface area contributed by atoms with Gasteiger partial charge in [-0.2, -0.15) is 0 Å². The molecule has 1 unspecified atom stereocenters. The largest absolute Gasteiger partial charge is 0.310 e. The van der Waals surface area contributed by atoms with Crippen LogP contribution in [0.3, 0.4) is 0 Å². The average Bonchev–Trinajstić information content (AvgIpc) is 2.38. The van der Waals surface area contributed by atoms with Crippen molar-refractivity contribution in [3.8, 4) is 0 Å². The van der Waals surface area contributed by atoms with Crippen molar-refractivity contribution in [2.75, 3.05) is 6.54 Å². The summed E-state index contributed by atoms with van der Waals surface area (Å²) < 4.78 is 0. The van der Waals surface area contributed by atoms with Crippen LogP contribution in [-0.2, 0) is 0 Å². The van der Waals surface area contributed by atoms with Crippen LogP contribution < -0.4 is 5.32 Å². The Balaban J connectivity index is 2.20. The summed E-state index contributed by atoms with van der Waals surface area (Å²) in [5, 5.41) is 5.59. The summed E-state index contributed by atoms with van der Waals surface area (Å²) in [4.78, 5) is 1.52. The van der Waals surface area contributed by atoms with E-state index in [2.05, 4.69) is 36.7 Å². The van der Waals surface area contributed by atoms with Crippen molar-refractivity contribution in [1.29, 1.82) is 0 Å². The molecule has 1 atom stereocenters. The van der Waals surface area contributed by atoms with Crippen molar-refractivity contribution in [3.05, 3.63) is 22.4 Å². The predicted octanol–water partition coefficient (Wildman–Crippen LogP) is 2.21. The Morgan fingerprint density at radius 1 is 1.64 bits per heavy atom. The molecule has 2 heteroatoms. The molecule has 0 amide bonds. The zero-order chi connectivity index (χ0) is 7.90. The molecule has 0 aliphatic carbocycles. The van der Waals surface area contributed by atoms with Crippen molar-refractivity contribution in [1.82, 2.24) is 5.32 Å². The lowest BCUT2D eigenvalue weighted by Gasteiger charge is -2.45. The first kappa shape index (κ1) is 7.32. The van der Waals surface area contributed by atoms with Crippen LogP contribution in [-0.4, -0.2) is 12.1 Å². The predicted molar refractivity (Wildman–Crippen MR) is 49.1 cm³/mol. The molecule has 1 saturated heterocycles. The summed E-state index contributed by atoms with van der Waals surface area (Å²) in [5.41, 5.74) is 0.324. The van der Waals surface area contributed by atoms with Crippen LogP contribution >= 0.6 is 11.3 Å². The van der Waals surface area contributed by atoms with Gasteiger partial charge in [0.1, 0.15) is 0 Å². The third kappa shape index (κ3) is 1.10. The summed E-state index contributed by atoms with van der Waals surface area (Å²) in [7, 11) is 0. The zero-order valence-electron chi connectivity index (χ0n) is 6.92. The Morgan fingerprint density at radius 3 is 2.82 bits per heavy atom. The minimum absolute atomic E-state index is 0.324. The first-order valence-electron chi connectivity index (χ1n) is 3.98. The minimum atomic E-state index is 0.324. The van der Waals surface area contributed by atoms with Crippen LogP contribution in [0, 0.1) is 0 Å². The fourth-order valence-electron chi connectivity index (χ4n) is 1.56. The number of hydrogen-bond donors (Lipinski definition) is 1. The van der Waals surface area contributed by atoms with E-state index < -0.39 is 0 Å². The van der Waals surface area contributed by atoms with Crippen molar-refractivity contribution < 1.29 is 0 Å². The van der Waals surface area contributed by atoms with Gasteiger partial charge in [-0.3, -0.25) is 0 Å². The maximum Gasteiger partial charge on any atom is 0.0235 e. The SMILES string of the molecule is CC1(C)NCC1c1cccs1. The van der Waals surface area contributed by atoms with E-state index >= 15 is 0 Å². The quantitative estimate of drug-likeness (QED) is 0.676. The van der Waals surface area contributed by atoms with E-state index in [-0.39, 0.29) is 0 Å². The van der Waals surface area contributed by atoms with Gasteiger partial charge in [-0.15, -0.1) is 11.3 Å². The molecule has 0 saturated carbocycles. The Hall–Kier alpha value is -0.340. The van der Waals surface area contributed by atoms with Crippen LogP contribution in [0.4, 0.5) is 0 Å². The molecule has 1 aromatic heterocycles. The maximum atomic E-state index is 3.43. The van der Waals surface area contributed by atoms with Crippen LogP contribution in [0.15, 0.2) is 17.5 Å². The molecule has 2 heterocycles. The number of thiophene rings is 1. The zero-order valence-corrected chi connectivity index (χ0v) is 7.74. The van der Waals surface area contributed by atoms with E-state index in [9.17, 15) is 0 Å². The fourth-order valence-corrected chi connectivity index (χ4v) is 2.57. The third-order valence-corrected chi connectivity index (χ3v) is 3.51. The van der Waals surface area contributed by atoms with Gasteiger partial charge < -0.3 is 5.32 Å². The Bertz CT molecular complexity index is 238. The van der Waals surface area contributed by atoms with Gasteiger partial charge in [0, 0.05) is 22.9 Å². The van der Waals surface area contributed by atoms with E-state index in [1.54, 1.807) is 0 Å². The van der Waals surface area contributed by atoms with Crippen molar-refractivity contribution in [2.45, 2.75) is 25.3 Å². The lowest BCUT2D eigenvalue weighted by atomic mass is 9.79. The summed E-state index contributed by atoms with van der Waals surface area (Å²) in [6, 6.07) is 4.37. The molecule has 1 N–H and O–H groups in total. The molecule has 1 aliphatic heterocycles. The standard InChI is InChI=1S/C9H13NS/c1-9(2)7(6-10-9)8-4-3-5-11-8/h3-5,7,10H,6H2,1-2H3. The molecule has 0 aromatic carbocycles. The van der Waals surface area contributed by atoms with Gasteiger partial charge in [-0.25, -0.2) is 0 Å². The maximum absolute atomic E-state index is 3.43. The molecule has 1 aromatic rings. The van der Waals surface area contributed by atoms with Crippen molar-refractivity contribution in [3.63, 3.8) is 0 Å². The van der Waals surface area contributed by atoms with Crippen LogP contribution in [0.5, 0.6) is 0 Å². The topological polar surface area (TPSA) is 12.0 Å². The summed E-state index contributed by atoms with van der Waals surface area (Å²) in [5.74, 6) is 0.738. The Kier molecular flexibility index (Phi) is 1.55. The monoisotopic (exact) mass is 167 g/mol.